The number of carboxylic acids is 1. The zero-order chi connectivity index (χ0) is 14.1. The minimum absolute atomic E-state index is 0.296. The van der Waals surface area contributed by atoms with E-state index in [1.165, 1.54) is 5.57 Å². The zero-order valence-corrected chi connectivity index (χ0v) is 11.7. The Hall–Kier alpha value is -1.32. The van der Waals surface area contributed by atoms with Crippen molar-refractivity contribution >= 4 is 11.9 Å². The second-order valence-corrected chi connectivity index (χ2v) is 4.94. The largest absolute Gasteiger partial charge is 0.473 e. The van der Waals surface area contributed by atoms with Gasteiger partial charge in [-0.15, -0.1) is 0 Å². The summed E-state index contributed by atoms with van der Waals surface area (Å²) in [6.07, 6.45) is 5.27. The van der Waals surface area contributed by atoms with Crippen LogP contribution in [0.25, 0.3) is 0 Å². The molecule has 0 saturated carbocycles. The van der Waals surface area contributed by atoms with Crippen molar-refractivity contribution in [3.63, 3.8) is 0 Å². The van der Waals surface area contributed by atoms with Gasteiger partial charge in [0.15, 0.2) is 0 Å². The van der Waals surface area contributed by atoms with Crippen LogP contribution >= 0.6 is 0 Å². The third kappa shape index (κ3) is 7.87. The van der Waals surface area contributed by atoms with Gasteiger partial charge in [-0.25, -0.2) is 9.59 Å². The fourth-order valence-electron chi connectivity index (χ4n) is 1.72. The first-order valence-electron chi connectivity index (χ1n) is 6.44. The summed E-state index contributed by atoms with van der Waals surface area (Å²) in [6, 6.07) is 0. The molecule has 0 aliphatic rings. The van der Waals surface area contributed by atoms with Gasteiger partial charge in [0.25, 0.3) is 0 Å². The highest BCUT2D eigenvalue weighted by Crippen LogP contribution is 2.17. The molecule has 0 aromatic carbocycles. The third-order valence-electron chi connectivity index (χ3n) is 2.78. The maximum absolute atomic E-state index is 11.0. The van der Waals surface area contributed by atoms with Gasteiger partial charge < -0.3 is 9.84 Å². The number of rotatable bonds is 7. The first-order chi connectivity index (χ1) is 8.36. The van der Waals surface area contributed by atoms with Crippen LogP contribution < -0.4 is 0 Å². The van der Waals surface area contributed by atoms with E-state index in [9.17, 15) is 9.59 Å². The number of carbonyl (C=O) groups excluding carboxylic acids is 1. The fraction of sp³-hybridized carbons (Fsp3) is 0.714. The normalized spacial score (nSPS) is 13.6. The Morgan fingerprint density at radius 3 is 2.39 bits per heavy atom. The lowest BCUT2D eigenvalue weighted by molar-refractivity contribution is -0.168. The molecule has 4 nitrogen and oxygen atoms in total. The van der Waals surface area contributed by atoms with Crippen LogP contribution in [-0.4, -0.2) is 23.1 Å². The molecule has 1 N–H and O–H groups in total. The first-order valence-corrected chi connectivity index (χ1v) is 6.44. The third-order valence-corrected chi connectivity index (χ3v) is 2.78. The number of hydrogen-bond acceptors (Lipinski definition) is 3. The van der Waals surface area contributed by atoms with E-state index in [0.717, 1.165) is 12.8 Å². The van der Waals surface area contributed by atoms with Gasteiger partial charge >= 0.3 is 11.9 Å². The van der Waals surface area contributed by atoms with Crippen molar-refractivity contribution < 1.29 is 19.4 Å². The minimum Gasteiger partial charge on any atom is -0.473 e. The number of esters is 1. The maximum Gasteiger partial charge on any atom is 0.417 e. The lowest BCUT2D eigenvalue weighted by Crippen LogP contribution is -2.25. The van der Waals surface area contributed by atoms with Gasteiger partial charge in [-0.05, 0) is 45.4 Å². The molecule has 0 aliphatic carbocycles. The lowest BCUT2D eigenvalue weighted by atomic mass is 9.96. The van der Waals surface area contributed by atoms with Crippen LogP contribution in [0.1, 0.15) is 53.4 Å². The molecule has 0 aliphatic heterocycles. The van der Waals surface area contributed by atoms with Crippen molar-refractivity contribution in [1.29, 1.82) is 0 Å². The van der Waals surface area contributed by atoms with Crippen molar-refractivity contribution in [2.45, 2.75) is 59.5 Å². The average molecular weight is 256 g/mol. The summed E-state index contributed by atoms with van der Waals surface area (Å²) in [5.74, 6) is -2.27. The Morgan fingerprint density at radius 1 is 1.33 bits per heavy atom. The van der Waals surface area contributed by atoms with Crippen molar-refractivity contribution in [3.05, 3.63) is 11.6 Å². The number of carbonyl (C=O) groups is 2. The predicted molar refractivity (Wildman–Crippen MR) is 70.3 cm³/mol. The quantitative estimate of drug-likeness (QED) is 0.431. The molecule has 0 radical (unpaired) electrons. The molecule has 0 fully saturated rings. The van der Waals surface area contributed by atoms with E-state index in [0.29, 0.717) is 18.8 Å². The number of hydrogen-bond donors (Lipinski definition) is 1. The van der Waals surface area contributed by atoms with Gasteiger partial charge in [0.1, 0.15) is 6.10 Å². The Balaban J connectivity index is 4.08. The van der Waals surface area contributed by atoms with Gasteiger partial charge in [0.05, 0.1) is 0 Å². The molecule has 0 bridgehead atoms. The van der Waals surface area contributed by atoms with Crippen LogP contribution in [0.5, 0.6) is 0 Å². The van der Waals surface area contributed by atoms with Gasteiger partial charge in [-0.3, -0.25) is 0 Å². The summed E-state index contributed by atoms with van der Waals surface area (Å²) in [7, 11) is 0. The van der Waals surface area contributed by atoms with Gasteiger partial charge in [0, 0.05) is 0 Å². The molecule has 4 heteroatoms. The van der Waals surface area contributed by atoms with Crippen LogP contribution in [-0.2, 0) is 14.3 Å². The monoisotopic (exact) mass is 256 g/mol. The van der Waals surface area contributed by atoms with E-state index in [1.54, 1.807) is 0 Å². The second kappa shape index (κ2) is 8.72. The van der Waals surface area contributed by atoms with Gasteiger partial charge in [0.2, 0.25) is 0 Å². The Kier molecular flexibility index (Phi) is 8.08. The molecule has 2 unspecified atom stereocenters. The van der Waals surface area contributed by atoms with E-state index >= 15 is 0 Å². The molecular weight excluding hydrogens is 232 g/mol. The molecular formula is C14H24O4. The molecule has 0 heterocycles. The Labute approximate surface area is 109 Å². The van der Waals surface area contributed by atoms with Crippen molar-refractivity contribution in [2.24, 2.45) is 5.92 Å². The van der Waals surface area contributed by atoms with E-state index in [4.69, 9.17) is 9.84 Å². The standard InChI is InChI=1S/C14H24O4/c1-5-12(18-14(17)13(15)16)9-11(4)8-6-7-10(2)3/h7,11-12H,5-6,8-9H2,1-4H3,(H,15,16). The molecule has 0 aromatic heterocycles. The topological polar surface area (TPSA) is 63.6 Å². The SMILES string of the molecule is CCC(CC(C)CCC=C(C)C)OC(=O)C(=O)O. The molecule has 18 heavy (non-hydrogen) atoms. The zero-order valence-electron chi connectivity index (χ0n) is 11.7. The van der Waals surface area contributed by atoms with Gasteiger partial charge in [-0.1, -0.05) is 25.5 Å². The molecule has 104 valence electrons. The van der Waals surface area contributed by atoms with E-state index in [1.807, 2.05) is 6.92 Å². The van der Waals surface area contributed by atoms with Crippen LogP contribution in [0.4, 0.5) is 0 Å². The molecule has 0 amide bonds. The predicted octanol–water partition coefficient (Wildman–Crippen LogP) is 3.17. The van der Waals surface area contributed by atoms with Gasteiger partial charge in [-0.2, -0.15) is 0 Å². The summed E-state index contributed by atoms with van der Waals surface area (Å²) in [5, 5.41) is 8.48. The van der Waals surface area contributed by atoms with Crippen LogP contribution in [0.15, 0.2) is 11.6 Å². The van der Waals surface area contributed by atoms with Crippen LogP contribution in [0, 0.1) is 5.92 Å². The number of ether oxygens (including phenoxy) is 1. The number of aliphatic carboxylic acids is 1. The lowest BCUT2D eigenvalue weighted by Gasteiger charge is -2.19. The smallest absolute Gasteiger partial charge is 0.417 e. The molecule has 0 rings (SSSR count). The summed E-state index contributed by atoms with van der Waals surface area (Å²) in [6.45, 7) is 8.11. The van der Waals surface area contributed by atoms with Crippen LogP contribution in [0.2, 0.25) is 0 Å². The first kappa shape index (κ1) is 16.7. The van der Waals surface area contributed by atoms with Crippen LogP contribution in [0.3, 0.4) is 0 Å². The summed E-state index contributed by atoms with van der Waals surface area (Å²) < 4.78 is 4.91. The highest BCUT2D eigenvalue weighted by atomic mass is 16.6. The highest BCUT2D eigenvalue weighted by Gasteiger charge is 2.20. The minimum atomic E-state index is -1.52. The molecule has 2 atom stereocenters. The fourth-order valence-corrected chi connectivity index (χ4v) is 1.72. The number of allylic oxidation sites excluding steroid dienone is 2. The summed E-state index contributed by atoms with van der Waals surface area (Å²) >= 11 is 0. The maximum atomic E-state index is 11.0. The Morgan fingerprint density at radius 2 is 1.94 bits per heavy atom. The molecule has 0 aromatic rings. The average Bonchev–Trinajstić information content (AvgIpc) is 2.27. The summed E-state index contributed by atoms with van der Waals surface area (Å²) in [5.41, 5.74) is 1.30. The molecule has 0 saturated heterocycles. The highest BCUT2D eigenvalue weighted by molar-refractivity contribution is 6.28. The Bertz CT molecular complexity index is 303. The summed E-state index contributed by atoms with van der Waals surface area (Å²) in [4.78, 5) is 21.4. The second-order valence-electron chi connectivity index (χ2n) is 4.94. The number of carboxylic acid groups (broad SMARTS) is 1. The van der Waals surface area contributed by atoms with E-state index in [-0.39, 0.29) is 6.10 Å². The van der Waals surface area contributed by atoms with E-state index < -0.39 is 11.9 Å². The van der Waals surface area contributed by atoms with E-state index in [2.05, 4.69) is 26.8 Å². The molecule has 0 spiro atoms. The van der Waals surface area contributed by atoms with Crippen molar-refractivity contribution in [3.8, 4) is 0 Å². The van der Waals surface area contributed by atoms with Crippen molar-refractivity contribution in [1.82, 2.24) is 0 Å². The van der Waals surface area contributed by atoms with Crippen molar-refractivity contribution in [2.75, 3.05) is 0 Å².